The number of ether oxygens (including phenoxy) is 1. The van der Waals surface area contributed by atoms with Crippen LogP contribution in [0.5, 0.6) is 0 Å². The Morgan fingerprint density at radius 3 is 2.86 bits per heavy atom. The minimum Gasteiger partial charge on any atom is -0.393 e. The monoisotopic (exact) mass is 478 g/mol. The number of allylic oxidation sites excluding steroid dienone is 3. The number of fused-ring (bicyclic) bond motifs is 1. The minimum atomic E-state index is -0.637. The average molecular weight is 479 g/mol. The van der Waals surface area contributed by atoms with E-state index in [1.807, 2.05) is 24.3 Å². The Labute approximate surface area is 210 Å². The summed E-state index contributed by atoms with van der Waals surface area (Å²) in [6.45, 7) is 11.7. The zero-order valence-electron chi connectivity index (χ0n) is 21.6. The Balaban J connectivity index is 1.40. The van der Waals surface area contributed by atoms with Gasteiger partial charge < -0.3 is 14.9 Å². The summed E-state index contributed by atoms with van der Waals surface area (Å²) in [4.78, 5) is 11.7. The first-order chi connectivity index (χ1) is 16.7. The Morgan fingerprint density at radius 1 is 1.29 bits per heavy atom. The van der Waals surface area contributed by atoms with Gasteiger partial charge in [-0.1, -0.05) is 56.4 Å². The Morgan fingerprint density at radius 2 is 2.09 bits per heavy atom. The zero-order valence-corrected chi connectivity index (χ0v) is 21.6. The van der Waals surface area contributed by atoms with E-state index in [-0.39, 0.29) is 11.2 Å². The quantitative estimate of drug-likeness (QED) is 0.459. The lowest BCUT2D eigenvalue weighted by molar-refractivity contribution is 0.0277. The van der Waals surface area contributed by atoms with Crippen LogP contribution in [0.3, 0.4) is 0 Å². The second kappa shape index (κ2) is 10.9. The van der Waals surface area contributed by atoms with Crippen LogP contribution in [-0.2, 0) is 11.3 Å². The Bertz CT molecular complexity index is 1000. The van der Waals surface area contributed by atoms with Gasteiger partial charge in [0.1, 0.15) is 0 Å². The van der Waals surface area contributed by atoms with Crippen LogP contribution >= 0.6 is 0 Å². The second-order valence-electron chi connectivity index (χ2n) is 11.4. The van der Waals surface area contributed by atoms with Gasteiger partial charge in [-0.2, -0.15) is 0 Å². The molecule has 0 aromatic heterocycles. The number of Topliss-reactive ketones (excluding diaryl/α,β-unsaturated/α-hetero) is 1. The number of benzene rings is 1. The number of carbonyl (C=O) groups excluding carboxylic acids is 1. The van der Waals surface area contributed by atoms with Crippen LogP contribution in [0.15, 0.2) is 59.7 Å². The molecule has 0 unspecified atom stereocenters. The van der Waals surface area contributed by atoms with E-state index < -0.39 is 12.2 Å². The fourth-order valence-corrected chi connectivity index (χ4v) is 7.04. The molecule has 1 aromatic rings. The maximum atomic E-state index is 11.7. The average Bonchev–Trinajstić information content (AvgIpc) is 3.18. The van der Waals surface area contributed by atoms with Gasteiger partial charge >= 0.3 is 0 Å². The van der Waals surface area contributed by atoms with E-state index in [4.69, 9.17) is 4.74 Å². The van der Waals surface area contributed by atoms with Crippen molar-refractivity contribution in [3.05, 3.63) is 70.8 Å². The van der Waals surface area contributed by atoms with E-state index >= 15 is 0 Å². The number of aliphatic hydroxyl groups excluding tert-OH is 2. The fourth-order valence-electron chi connectivity index (χ4n) is 7.04. The standard InChI is InChI=1S/C31H42O4/c1-20(18-35-19-23-7-5-8-26(15-23)22(3)32)28-12-13-29-24(9-6-14-31(28,29)4)10-11-25-16-27(33)17-30(34)21(25)2/h5,7-8,10-11,15,20,27-30,33-34H,2,6,9,12-14,16-19H2,1,3-4H3/b24-10+,25-11-/t20-,27+,28+,29-,30-,31+/m0/s1. The van der Waals surface area contributed by atoms with Gasteiger partial charge in [0.15, 0.2) is 5.78 Å². The first-order valence-electron chi connectivity index (χ1n) is 13.3. The summed E-state index contributed by atoms with van der Waals surface area (Å²) in [5, 5.41) is 20.3. The number of aliphatic hydroxyl groups is 2. The summed E-state index contributed by atoms with van der Waals surface area (Å²) in [6, 6.07) is 7.74. The van der Waals surface area contributed by atoms with Gasteiger partial charge in [-0.15, -0.1) is 0 Å². The minimum absolute atomic E-state index is 0.0853. The molecule has 3 aliphatic rings. The molecular weight excluding hydrogens is 436 g/mol. The molecule has 0 radical (unpaired) electrons. The first kappa shape index (κ1) is 26.1. The smallest absolute Gasteiger partial charge is 0.159 e. The van der Waals surface area contributed by atoms with Gasteiger partial charge in [0.2, 0.25) is 0 Å². The zero-order chi connectivity index (χ0) is 25.2. The maximum absolute atomic E-state index is 11.7. The largest absolute Gasteiger partial charge is 0.393 e. The van der Waals surface area contributed by atoms with E-state index in [0.29, 0.717) is 37.2 Å². The van der Waals surface area contributed by atoms with Crippen LogP contribution in [0.2, 0.25) is 0 Å². The molecule has 0 aliphatic heterocycles. The number of hydrogen-bond donors (Lipinski definition) is 2. The van der Waals surface area contributed by atoms with Gasteiger partial charge in [0, 0.05) is 18.6 Å². The molecule has 2 N–H and O–H groups in total. The Hall–Kier alpha value is -2.01. The van der Waals surface area contributed by atoms with Crippen molar-refractivity contribution in [2.75, 3.05) is 6.61 Å². The normalized spacial score (nSPS) is 34.3. The second-order valence-corrected chi connectivity index (χ2v) is 11.4. The van der Waals surface area contributed by atoms with Crippen molar-refractivity contribution in [3.8, 4) is 0 Å². The number of carbonyl (C=O) groups is 1. The lowest BCUT2D eigenvalue weighted by atomic mass is 9.61. The summed E-state index contributed by atoms with van der Waals surface area (Å²) >= 11 is 0. The van der Waals surface area contributed by atoms with E-state index in [0.717, 1.165) is 35.3 Å². The first-order valence-corrected chi connectivity index (χ1v) is 13.3. The molecule has 1 aromatic carbocycles. The topological polar surface area (TPSA) is 66.8 Å². The van der Waals surface area contributed by atoms with E-state index in [9.17, 15) is 15.0 Å². The fraction of sp³-hybridized carbons (Fsp3) is 0.581. The maximum Gasteiger partial charge on any atom is 0.159 e. The third-order valence-corrected chi connectivity index (χ3v) is 8.97. The molecule has 6 atom stereocenters. The third-order valence-electron chi connectivity index (χ3n) is 8.97. The van der Waals surface area contributed by atoms with E-state index in [2.05, 4.69) is 32.6 Å². The van der Waals surface area contributed by atoms with Crippen LogP contribution in [0, 0.1) is 23.2 Å². The lowest BCUT2D eigenvalue weighted by Crippen LogP contribution is -2.37. The van der Waals surface area contributed by atoms with E-state index in [1.54, 1.807) is 6.92 Å². The lowest BCUT2D eigenvalue weighted by Gasteiger charge is -2.44. The molecule has 0 amide bonds. The van der Waals surface area contributed by atoms with Crippen molar-refractivity contribution in [2.45, 2.75) is 84.5 Å². The van der Waals surface area contributed by atoms with Crippen molar-refractivity contribution in [1.82, 2.24) is 0 Å². The highest BCUT2D eigenvalue weighted by molar-refractivity contribution is 5.94. The van der Waals surface area contributed by atoms with Crippen LogP contribution in [0.1, 0.15) is 81.6 Å². The highest BCUT2D eigenvalue weighted by Crippen LogP contribution is 2.59. The third kappa shape index (κ3) is 5.71. The summed E-state index contributed by atoms with van der Waals surface area (Å²) in [7, 11) is 0. The molecule has 4 heteroatoms. The van der Waals surface area contributed by atoms with Gasteiger partial charge in [-0.3, -0.25) is 4.79 Å². The van der Waals surface area contributed by atoms with Crippen molar-refractivity contribution in [2.24, 2.45) is 23.2 Å². The summed E-state index contributed by atoms with van der Waals surface area (Å²) in [6.07, 6.45) is 10.3. The highest BCUT2D eigenvalue weighted by atomic mass is 16.5. The Kier molecular flexibility index (Phi) is 8.15. The molecule has 190 valence electrons. The van der Waals surface area contributed by atoms with Gasteiger partial charge in [0.25, 0.3) is 0 Å². The highest BCUT2D eigenvalue weighted by Gasteiger charge is 2.50. The summed E-state index contributed by atoms with van der Waals surface area (Å²) in [5.41, 5.74) is 5.34. The molecule has 0 heterocycles. The van der Waals surface area contributed by atoms with E-state index in [1.165, 1.54) is 31.3 Å². The van der Waals surface area contributed by atoms with Crippen molar-refractivity contribution < 1.29 is 19.7 Å². The molecule has 0 saturated heterocycles. The molecule has 0 spiro atoms. The van der Waals surface area contributed by atoms with Crippen molar-refractivity contribution in [3.63, 3.8) is 0 Å². The van der Waals surface area contributed by atoms with Crippen LogP contribution in [0.4, 0.5) is 0 Å². The molecule has 3 fully saturated rings. The molecule has 35 heavy (non-hydrogen) atoms. The molecule has 3 saturated carbocycles. The predicted octanol–water partition coefficient (Wildman–Crippen LogP) is 6.18. The van der Waals surface area contributed by atoms with Gasteiger partial charge in [-0.05, 0) is 91.4 Å². The SMILES string of the molecule is C=C1/C(=C\C=C2/CCC[C@]3(C)[C@@H]([C@@H](C)COCc4cccc(C(C)=O)c4)CC[C@@H]23)C[C@@H](O)C[C@@H]1O. The number of rotatable bonds is 7. The van der Waals surface area contributed by atoms with Crippen LogP contribution < -0.4 is 0 Å². The molecular formula is C31H42O4. The van der Waals surface area contributed by atoms with Crippen LogP contribution in [0.25, 0.3) is 0 Å². The molecule has 0 bridgehead atoms. The molecule has 3 aliphatic carbocycles. The molecule has 4 rings (SSSR count). The summed E-state index contributed by atoms with van der Waals surface area (Å²) < 4.78 is 6.15. The number of hydrogen-bond acceptors (Lipinski definition) is 4. The van der Waals surface area contributed by atoms with Crippen molar-refractivity contribution >= 4 is 5.78 Å². The summed E-state index contributed by atoms with van der Waals surface area (Å²) in [5.74, 6) is 1.77. The number of ketones is 1. The predicted molar refractivity (Wildman–Crippen MR) is 140 cm³/mol. The van der Waals surface area contributed by atoms with Crippen LogP contribution in [-0.4, -0.2) is 34.8 Å². The molecule has 4 nitrogen and oxygen atoms in total. The van der Waals surface area contributed by atoms with Gasteiger partial charge in [0.05, 0.1) is 18.8 Å². The van der Waals surface area contributed by atoms with Crippen molar-refractivity contribution in [1.29, 1.82) is 0 Å². The van der Waals surface area contributed by atoms with Gasteiger partial charge in [-0.25, -0.2) is 0 Å².